The van der Waals surface area contributed by atoms with Crippen LogP contribution in [0.4, 0.5) is 5.69 Å². The van der Waals surface area contributed by atoms with Gasteiger partial charge >= 0.3 is 0 Å². The fraction of sp³-hybridized carbons (Fsp3) is 0.143. The van der Waals surface area contributed by atoms with E-state index in [1.165, 1.54) is 0 Å². The van der Waals surface area contributed by atoms with Crippen LogP contribution in [0.2, 0.25) is 0 Å². The molecule has 0 saturated heterocycles. The van der Waals surface area contributed by atoms with Crippen LogP contribution in [-0.2, 0) is 12.8 Å². The summed E-state index contributed by atoms with van der Waals surface area (Å²) in [5.74, 6) is 1.02. The van der Waals surface area contributed by atoms with Gasteiger partial charge in [0, 0.05) is 24.5 Å². The van der Waals surface area contributed by atoms with Crippen LogP contribution in [0.5, 0.6) is 0 Å². The molecular weight excluding hydrogens is 254 g/mol. The predicted molar refractivity (Wildman–Crippen MR) is 73.6 cm³/mol. The average Bonchev–Trinajstić information content (AvgIpc) is 2.96. The Morgan fingerprint density at radius 1 is 1.10 bits per heavy atom. The Balaban J connectivity index is 1.71. The van der Waals surface area contributed by atoms with E-state index >= 15 is 0 Å². The molecule has 6 heteroatoms. The lowest BCUT2D eigenvalue weighted by Gasteiger charge is -2.02. The molecule has 0 spiro atoms. The van der Waals surface area contributed by atoms with Crippen molar-refractivity contribution in [3.05, 3.63) is 54.3 Å². The van der Waals surface area contributed by atoms with Gasteiger partial charge in [0.2, 0.25) is 11.7 Å². The second-order valence-corrected chi connectivity index (χ2v) is 4.30. The van der Waals surface area contributed by atoms with Crippen molar-refractivity contribution in [2.45, 2.75) is 12.8 Å². The third kappa shape index (κ3) is 2.64. The minimum Gasteiger partial charge on any atom is -0.399 e. The summed E-state index contributed by atoms with van der Waals surface area (Å²) in [7, 11) is 0. The van der Waals surface area contributed by atoms with E-state index in [0.29, 0.717) is 23.8 Å². The summed E-state index contributed by atoms with van der Waals surface area (Å²) in [6.07, 6.45) is 6.19. The number of hydrogen-bond acceptors (Lipinski definition) is 6. The highest BCUT2D eigenvalue weighted by molar-refractivity contribution is 5.47. The number of aromatic nitrogens is 4. The molecule has 0 saturated carbocycles. The minimum absolute atomic E-state index is 0.453. The standard InChI is InChI=1S/C14H13N5O/c15-11-4-2-1-3-10(11)5-6-13-18-14(19-20-13)12-9-16-7-8-17-12/h1-4,7-9H,5-6,15H2. The molecule has 0 aliphatic heterocycles. The molecule has 2 N–H and O–H groups in total. The highest BCUT2D eigenvalue weighted by Crippen LogP contribution is 2.15. The molecule has 0 bridgehead atoms. The first-order chi connectivity index (χ1) is 9.83. The lowest BCUT2D eigenvalue weighted by Crippen LogP contribution is -1.97. The molecule has 2 aromatic heterocycles. The van der Waals surface area contributed by atoms with Crippen LogP contribution in [0.15, 0.2) is 47.4 Å². The van der Waals surface area contributed by atoms with Gasteiger partial charge in [-0.15, -0.1) is 0 Å². The molecule has 0 unspecified atom stereocenters. The minimum atomic E-state index is 0.453. The van der Waals surface area contributed by atoms with Gasteiger partial charge in [-0.1, -0.05) is 23.4 Å². The predicted octanol–water partition coefficient (Wildman–Crippen LogP) is 1.89. The number of para-hydroxylation sites is 1. The van der Waals surface area contributed by atoms with Crippen LogP contribution in [0, 0.1) is 0 Å². The van der Waals surface area contributed by atoms with E-state index in [4.69, 9.17) is 10.3 Å². The first-order valence-corrected chi connectivity index (χ1v) is 6.25. The number of nitrogens with two attached hydrogens (primary N) is 1. The summed E-state index contributed by atoms with van der Waals surface area (Å²) in [5.41, 5.74) is 8.35. The first-order valence-electron chi connectivity index (χ1n) is 6.25. The lowest BCUT2D eigenvalue weighted by molar-refractivity contribution is 0.379. The summed E-state index contributed by atoms with van der Waals surface area (Å²) in [6.45, 7) is 0. The summed E-state index contributed by atoms with van der Waals surface area (Å²) in [6, 6.07) is 7.76. The molecular formula is C14H13N5O. The molecule has 6 nitrogen and oxygen atoms in total. The average molecular weight is 267 g/mol. The summed E-state index contributed by atoms with van der Waals surface area (Å²) < 4.78 is 5.21. The zero-order valence-electron chi connectivity index (χ0n) is 10.7. The van der Waals surface area contributed by atoms with Gasteiger partial charge in [-0.3, -0.25) is 4.98 Å². The monoisotopic (exact) mass is 267 g/mol. The van der Waals surface area contributed by atoms with Crippen molar-refractivity contribution in [3.63, 3.8) is 0 Å². The number of nitrogens with zero attached hydrogens (tertiary/aromatic N) is 4. The van der Waals surface area contributed by atoms with Gasteiger partial charge in [-0.2, -0.15) is 4.98 Å². The van der Waals surface area contributed by atoms with E-state index < -0.39 is 0 Å². The molecule has 2 heterocycles. The van der Waals surface area contributed by atoms with E-state index in [9.17, 15) is 0 Å². The number of anilines is 1. The first kappa shape index (κ1) is 12.3. The highest BCUT2D eigenvalue weighted by Gasteiger charge is 2.10. The van der Waals surface area contributed by atoms with Gasteiger partial charge in [0.1, 0.15) is 5.69 Å². The van der Waals surface area contributed by atoms with Gasteiger partial charge in [0.15, 0.2) is 0 Å². The fourth-order valence-electron chi connectivity index (χ4n) is 1.88. The Labute approximate surface area is 115 Å². The summed E-state index contributed by atoms with van der Waals surface area (Å²) in [5, 5.41) is 3.90. The number of nitrogen functional groups attached to an aromatic ring is 1. The van der Waals surface area contributed by atoms with E-state index in [1.54, 1.807) is 18.6 Å². The van der Waals surface area contributed by atoms with E-state index in [1.807, 2.05) is 24.3 Å². The van der Waals surface area contributed by atoms with Gasteiger partial charge in [-0.25, -0.2) is 4.98 Å². The van der Waals surface area contributed by atoms with E-state index in [0.717, 1.165) is 17.7 Å². The molecule has 1 aromatic carbocycles. The molecule has 0 aliphatic rings. The molecule has 0 aliphatic carbocycles. The molecule has 20 heavy (non-hydrogen) atoms. The Hall–Kier alpha value is -2.76. The summed E-state index contributed by atoms with van der Waals surface area (Å²) in [4.78, 5) is 12.4. The third-order valence-corrected chi connectivity index (χ3v) is 2.92. The van der Waals surface area contributed by atoms with Gasteiger partial charge in [-0.05, 0) is 18.1 Å². The van der Waals surface area contributed by atoms with Crippen molar-refractivity contribution in [1.29, 1.82) is 0 Å². The van der Waals surface area contributed by atoms with E-state index in [-0.39, 0.29) is 0 Å². The van der Waals surface area contributed by atoms with Crippen LogP contribution >= 0.6 is 0 Å². The Bertz CT molecular complexity index is 696. The second kappa shape index (κ2) is 5.48. The molecule has 100 valence electrons. The van der Waals surface area contributed by atoms with Crippen LogP contribution in [0.1, 0.15) is 11.5 Å². The highest BCUT2D eigenvalue weighted by atomic mass is 16.5. The second-order valence-electron chi connectivity index (χ2n) is 4.30. The topological polar surface area (TPSA) is 90.7 Å². The van der Waals surface area contributed by atoms with E-state index in [2.05, 4.69) is 20.1 Å². The van der Waals surface area contributed by atoms with Crippen molar-refractivity contribution in [2.75, 3.05) is 5.73 Å². The maximum atomic E-state index is 5.90. The van der Waals surface area contributed by atoms with Crippen LogP contribution < -0.4 is 5.73 Å². The van der Waals surface area contributed by atoms with Crippen LogP contribution in [0.25, 0.3) is 11.5 Å². The van der Waals surface area contributed by atoms with Crippen LogP contribution in [0.3, 0.4) is 0 Å². The maximum absolute atomic E-state index is 5.90. The van der Waals surface area contributed by atoms with Crippen molar-refractivity contribution in [1.82, 2.24) is 20.1 Å². The number of hydrogen-bond donors (Lipinski definition) is 1. The van der Waals surface area contributed by atoms with Gasteiger partial charge in [0.25, 0.3) is 0 Å². The largest absolute Gasteiger partial charge is 0.399 e. The molecule has 3 rings (SSSR count). The van der Waals surface area contributed by atoms with Gasteiger partial charge < -0.3 is 10.3 Å². The Morgan fingerprint density at radius 2 is 2.00 bits per heavy atom. The zero-order valence-corrected chi connectivity index (χ0v) is 10.7. The zero-order chi connectivity index (χ0) is 13.8. The van der Waals surface area contributed by atoms with Crippen LogP contribution in [-0.4, -0.2) is 20.1 Å². The molecule has 0 amide bonds. The smallest absolute Gasteiger partial charge is 0.227 e. The quantitative estimate of drug-likeness (QED) is 0.726. The lowest BCUT2D eigenvalue weighted by atomic mass is 10.1. The molecule has 0 radical (unpaired) electrons. The molecule has 0 fully saturated rings. The van der Waals surface area contributed by atoms with Crippen molar-refractivity contribution in [2.24, 2.45) is 0 Å². The van der Waals surface area contributed by atoms with Crippen molar-refractivity contribution >= 4 is 5.69 Å². The molecule has 0 atom stereocenters. The third-order valence-electron chi connectivity index (χ3n) is 2.92. The number of rotatable bonds is 4. The SMILES string of the molecule is Nc1ccccc1CCc1nc(-c2cnccn2)no1. The number of aryl methyl sites for hydroxylation is 2. The number of benzene rings is 1. The summed E-state index contributed by atoms with van der Waals surface area (Å²) >= 11 is 0. The molecule has 3 aromatic rings. The van der Waals surface area contributed by atoms with Crippen molar-refractivity contribution in [3.8, 4) is 11.5 Å². The maximum Gasteiger partial charge on any atom is 0.227 e. The fourth-order valence-corrected chi connectivity index (χ4v) is 1.88. The van der Waals surface area contributed by atoms with Crippen molar-refractivity contribution < 1.29 is 4.52 Å². The van der Waals surface area contributed by atoms with Gasteiger partial charge in [0.05, 0.1) is 6.20 Å². The Morgan fingerprint density at radius 3 is 2.80 bits per heavy atom. The Kier molecular flexibility index (Phi) is 3.36. The normalized spacial score (nSPS) is 10.6.